The molecule has 2 aliphatic heterocycles. The molecule has 0 saturated heterocycles. The second-order valence-electron chi connectivity index (χ2n) is 5.95. The number of ether oxygens (including phenoxy) is 2. The Morgan fingerprint density at radius 2 is 2.00 bits per heavy atom. The summed E-state index contributed by atoms with van der Waals surface area (Å²) >= 11 is 0. The van der Waals surface area contributed by atoms with Crippen molar-refractivity contribution in [3.05, 3.63) is 47.3 Å². The predicted molar refractivity (Wildman–Crippen MR) is 88.2 cm³/mol. The van der Waals surface area contributed by atoms with Crippen LogP contribution in [0.25, 0.3) is 0 Å². The number of anilines is 2. The SMILES string of the molecule is O=C(Cc1ccc2c(c1)OCO2)Nc1cc2c(cc1F)NC(=O)CC2. The van der Waals surface area contributed by atoms with Crippen molar-refractivity contribution in [1.29, 1.82) is 0 Å². The number of nitrogens with one attached hydrogen (secondary N) is 2. The van der Waals surface area contributed by atoms with Crippen LogP contribution in [-0.4, -0.2) is 18.6 Å². The molecule has 0 bridgehead atoms. The first-order valence-electron chi connectivity index (χ1n) is 7.89. The first-order chi connectivity index (χ1) is 12.1. The van der Waals surface area contributed by atoms with Gasteiger partial charge in [0, 0.05) is 12.1 Å². The monoisotopic (exact) mass is 342 g/mol. The van der Waals surface area contributed by atoms with Crippen molar-refractivity contribution in [1.82, 2.24) is 0 Å². The van der Waals surface area contributed by atoms with Gasteiger partial charge in [-0.25, -0.2) is 4.39 Å². The largest absolute Gasteiger partial charge is 0.454 e. The molecule has 2 amide bonds. The van der Waals surface area contributed by atoms with Gasteiger partial charge in [0.15, 0.2) is 11.5 Å². The molecule has 6 nitrogen and oxygen atoms in total. The van der Waals surface area contributed by atoms with Crippen LogP contribution in [0.4, 0.5) is 15.8 Å². The van der Waals surface area contributed by atoms with Gasteiger partial charge in [0.1, 0.15) is 5.82 Å². The quantitative estimate of drug-likeness (QED) is 0.899. The molecular formula is C18H15FN2O4. The summed E-state index contributed by atoms with van der Waals surface area (Å²) < 4.78 is 24.7. The lowest BCUT2D eigenvalue weighted by Gasteiger charge is -2.18. The lowest BCUT2D eigenvalue weighted by Crippen LogP contribution is -2.20. The van der Waals surface area contributed by atoms with E-state index in [2.05, 4.69) is 10.6 Å². The summed E-state index contributed by atoms with van der Waals surface area (Å²) in [5.41, 5.74) is 2.12. The number of amides is 2. The van der Waals surface area contributed by atoms with E-state index in [4.69, 9.17) is 9.47 Å². The molecule has 2 heterocycles. The van der Waals surface area contributed by atoms with E-state index in [9.17, 15) is 14.0 Å². The van der Waals surface area contributed by atoms with Gasteiger partial charge in [-0.1, -0.05) is 6.07 Å². The molecule has 25 heavy (non-hydrogen) atoms. The maximum absolute atomic E-state index is 14.2. The Morgan fingerprint density at radius 1 is 1.16 bits per heavy atom. The molecule has 0 aliphatic carbocycles. The molecule has 7 heteroatoms. The molecule has 0 spiro atoms. The van der Waals surface area contributed by atoms with Gasteiger partial charge < -0.3 is 20.1 Å². The van der Waals surface area contributed by atoms with Crippen molar-refractivity contribution in [3.8, 4) is 11.5 Å². The van der Waals surface area contributed by atoms with Gasteiger partial charge in [-0.3, -0.25) is 9.59 Å². The fourth-order valence-electron chi connectivity index (χ4n) is 2.93. The fraction of sp³-hybridized carbons (Fsp3) is 0.222. The van der Waals surface area contributed by atoms with Crippen LogP contribution in [0.1, 0.15) is 17.5 Å². The maximum atomic E-state index is 14.2. The number of hydrogen-bond acceptors (Lipinski definition) is 4. The molecule has 2 aliphatic rings. The van der Waals surface area contributed by atoms with Crippen molar-refractivity contribution in [2.75, 3.05) is 17.4 Å². The number of carbonyl (C=O) groups is 2. The Hall–Kier alpha value is -3.09. The zero-order valence-electron chi connectivity index (χ0n) is 13.2. The highest BCUT2D eigenvalue weighted by molar-refractivity contribution is 5.96. The molecule has 0 aromatic heterocycles. The minimum atomic E-state index is -0.583. The molecule has 2 N–H and O–H groups in total. The number of fused-ring (bicyclic) bond motifs is 2. The van der Waals surface area contributed by atoms with Gasteiger partial charge >= 0.3 is 0 Å². The molecule has 0 atom stereocenters. The van der Waals surface area contributed by atoms with Gasteiger partial charge in [0.25, 0.3) is 0 Å². The highest BCUT2D eigenvalue weighted by Gasteiger charge is 2.19. The molecule has 2 aromatic carbocycles. The van der Waals surface area contributed by atoms with Crippen LogP contribution < -0.4 is 20.1 Å². The smallest absolute Gasteiger partial charge is 0.231 e. The van der Waals surface area contributed by atoms with Gasteiger partial charge in [-0.2, -0.15) is 0 Å². The summed E-state index contributed by atoms with van der Waals surface area (Å²) in [6.07, 6.45) is 0.958. The number of aryl methyl sites for hydroxylation is 1. The average Bonchev–Trinajstić information content (AvgIpc) is 3.03. The molecule has 128 valence electrons. The van der Waals surface area contributed by atoms with E-state index < -0.39 is 5.82 Å². The van der Waals surface area contributed by atoms with Crippen LogP contribution in [0.2, 0.25) is 0 Å². The standard InChI is InChI=1S/C18H15FN2O4/c19-12-8-13-11(2-4-17(22)20-13)7-14(12)21-18(23)6-10-1-3-15-16(5-10)25-9-24-15/h1,3,5,7-8H,2,4,6,9H2,(H,20,22)(H,21,23). The molecule has 0 saturated carbocycles. The number of hydrogen-bond donors (Lipinski definition) is 2. The van der Waals surface area contributed by atoms with Crippen LogP contribution in [0.15, 0.2) is 30.3 Å². The molecule has 2 aromatic rings. The first-order valence-corrected chi connectivity index (χ1v) is 7.89. The zero-order valence-corrected chi connectivity index (χ0v) is 13.2. The van der Waals surface area contributed by atoms with E-state index in [-0.39, 0.29) is 30.7 Å². The van der Waals surface area contributed by atoms with E-state index >= 15 is 0 Å². The van der Waals surface area contributed by atoms with Crippen LogP contribution in [-0.2, 0) is 22.4 Å². The van der Waals surface area contributed by atoms with Gasteiger partial charge in [0.05, 0.1) is 12.1 Å². The van der Waals surface area contributed by atoms with Crippen molar-refractivity contribution in [3.63, 3.8) is 0 Å². The first kappa shape index (κ1) is 15.4. The zero-order chi connectivity index (χ0) is 17.4. The number of carbonyl (C=O) groups excluding carboxylic acids is 2. The van der Waals surface area contributed by atoms with Crippen LogP contribution in [0, 0.1) is 5.82 Å². The Balaban J connectivity index is 1.48. The van der Waals surface area contributed by atoms with Crippen molar-refractivity contribution in [2.24, 2.45) is 0 Å². The normalized spacial score (nSPS) is 14.7. The highest BCUT2D eigenvalue weighted by Crippen LogP contribution is 2.33. The third-order valence-electron chi connectivity index (χ3n) is 4.16. The van der Waals surface area contributed by atoms with Crippen molar-refractivity contribution >= 4 is 23.2 Å². The lowest BCUT2D eigenvalue weighted by molar-refractivity contribution is -0.117. The maximum Gasteiger partial charge on any atom is 0.231 e. The van der Waals surface area contributed by atoms with Gasteiger partial charge in [0.2, 0.25) is 18.6 Å². The third-order valence-corrected chi connectivity index (χ3v) is 4.16. The summed E-state index contributed by atoms with van der Waals surface area (Å²) in [6.45, 7) is 0.169. The summed E-state index contributed by atoms with van der Waals surface area (Å²) in [6, 6.07) is 8.06. The van der Waals surface area contributed by atoms with Gasteiger partial charge in [-0.05, 0) is 41.8 Å². The summed E-state index contributed by atoms with van der Waals surface area (Å²) in [5.74, 6) is 0.192. The van der Waals surface area contributed by atoms with Crippen LogP contribution in [0.3, 0.4) is 0 Å². The van der Waals surface area contributed by atoms with Crippen LogP contribution in [0.5, 0.6) is 11.5 Å². The second kappa shape index (κ2) is 6.08. The Bertz CT molecular complexity index is 882. The molecule has 4 rings (SSSR count). The number of benzene rings is 2. The Kier molecular flexibility index (Phi) is 3.76. The number of halogens is 1. The Labute approximate surface area is 142 Å². The molecular weight excluding hydrogens is 327 g/mol. The third kappa shape index (κ3) is 3.13. The van der Waals surface area contributed by atoms with E-state index in [0.717, 1.165) is 11.1 Å². The van der Waals surface area contributed by atoms with E-state index in [1.165, 1.54) is 6.07 Å². The minimum Gasteiger partial charge on any atom is -0.454 e. The summed E-state index contributed by atoms with van der Waals surface area (Å²) in [4.78, 5) is 23.6. The number of rotatable bonds is 3. The molecule has 0 radical (unpaired) electrons. The topological polar surface area (TPSA) is 76.7 Å². The van der Waals surface area contributed by atoms with Crippen LogP contribution >= 0.6 is 0 Å². The van der Waals surface area contributed by atoms with Gasteiger partial charge in [-0.15, -0.1) is 0 Å². The molecule has 0 unspecified atom stereocenters. The van der Waals surface area contributed by atoms with E-state index in [1.807, 2.05) is 0 Å². The van der Waals surface area contributed by atoms with E-state index in [0.29, 0.717) is 30.0 Å². The average molecular weight is 342 g/mol. The van der Waals surface area contributed by atoms with E-state index in [1.54, 1.807) is 24.3 Å². The highest BCUT2D eigenvalue weighted by atomic mass is 19.1. The summed E-state index contributed by atoms with van der Waals surface area (Å²) in [7, 11) is 0. The minimum absolute atomic E-state index is 0.0872. The fourth-order valence-corrected chi connectivity index (χ4v) is 2.93. The Morgan fingerprint density at radius 3 is 2.88 bits per heavy atom. The van der Waals surface area contributed by atoms with Crippen molar-refractivity contribution in [2.45, 2.75) is 19.3 Å². The second-order valence-corrected chi connectivity index (χ2v) is 5.95. The lowest BCUT2D eigenvalue weighted by atomic mass is 10.0. The predicted octanol–water partition coefficient (Wildman–Crippen LogP) is 2.62. The summed E-state index contributed by atoms with van der Waals surface area (Å²) in [5, 5.41) is 5.22. The van der Waals surface area contributed by atoms with Crippen molar-refractivity contribution < 1.29 is 23.5 Å². The molecule has 0 fully saturated rings.